The van der Waals surface area contributed by atoms with E-state index < -0.39 is 9.84 Å². The van der Waals surface area contributed by atoms with Gasteiger partial charge in [-0.3, -0.25) is 0 Å². The topological polar surface area (TPSA) is 51.1 Å². The number of rotatable bonds is 7. The van der Waals surface area contributed by atoms with Crippen LogP contribution in [0.4, 0.5) is 0 Å². The number of para-hydroxylation sites is 1. The highest BCUT2D eigenvalue weighted by molar-refractivity contribution is 7.90. The fraction of sp³-hybridized carbons (Fsp3) is 0.500. The fourth-order valence-electron chi connectivity index (χ4n) is 2.67. The van der Waals surface area contributed by atoms with Crippen molar-refractivity contribution >= 4 is 20.7 Å². The van der Waals surface area contributed by atoms with E-state index in [0.29, 0.717) is 6.54 Å². The van der Waals surface area contributed by atoms with Gasteiger partial charge in [-0.15, -0.1) is 0 Å². The van der Waals surface area contributed by atoms with Crippen LogP contribution in [-0.4, -0.2) is 37.6 Å². The van der Waals surface area contributed by atoms with Crippen molar-refractivity contribution in [3.63, 3.8) is 0 Å². The van der Waals surface area contributed by atoms with Gasteiger partial charge in [0.05, 0.1) is 5.75 Å². The molecular formula is C16H22N2O2S. The summed E-state index contributed by atoms with van der Waals surface area (Å²) in [4.78, 5) is 0. The van der Waals surface area contributed by atoms with E-state index in [9.17, 15) is 8.42 Å². The van der Waals surface area contributed by atoms with Gasteiger partial charge in [-0.2, -0.15) is 0 Å². The molecule has 0 bridgehead atoms. The second-order valence-corrected chi connectivity index (χ2v) is 8.23. The molecule has 1 heterocycles. The van der Waals surface area contributed by atoms with Crippen LogP contribution in [0, 0.1) is 0 Å². The highest BCUT2D eigenvalue weighted by atomic mass is 32.2. The third kappa shape index (κ3) is 3.86. The maximum Gasteiger partial charge on any atom is 0.149 e. The number of fused-ring (bicyclic) bond motifs is 1. The molecule has 2 aromatic rings. The molecule has 0 atom stereocenters. The average molecular weight is 306 g/mol. The predicted molar refractivity (Wildman–Crippen MR) is 86.4 cm³/mol. The Labute approximate surface area is 126 Å². The van der Waals surface area contributed by atoms with Crippen molar-refractivity contribution in [1.29, 1.82) is 0 Å². The van der Waals surface area contributed by atoms with Gasteiger partial charge in [0.1, 0.15) is 9.84 Å². The minimum absolute atomic E-state index is 0.186. The lowest BCUT2D eigenvalue weighted by atomic mass is 10.1. The Morgan fingerprint density at radius 1 is 1.29 bits per heavy atom. The van der Waals surface area contributed by atoms with Crippen LogP contribution in [0.2, 0.25) is 0 Å². The van der Waals surface area contributed by atoms with Crippen LogP contribution < -0.4 is 5.32 Å². The van der Waals surface area contributed by atoms with E-state index in [4.69, 9.17) is 0 Å². The number of aromatic nitrogens is 1. The third-order valence-electron chi connectivity index (χ3n) is 3.98. The molecule has 3 rings (SSSR count). The van der Waals surface area contributed by atoms with E-state index in [0.717, 1.165) is 24.5 Å². The van der Waals surface area contributed by atoms with Crippen LogP contribution >= 0.6 is 0 Å². The zero-order valence-corrected chi connectivity index (χ0v) is 13.2. The normalized spacial score (nSPS) is 15.7. The SMILES string of the molecule is CS(=O)(=O)CCn1cc(CCNC2CC2)c2ccccc21. The van der Waals surface area contributed by atoms with Gasteiger partial charge in [-0.1, -0.05) is 18.2 Å². The van der Waals surface area contributed by atoms with E-state index in [1.165, 1.54) is 30.0 Å². The van der Waals surface area contributed by atoms with Crippen molar-refractivity contribution < 1.29 is 8.42 Å². The third-order valence-corrected chi connectivity index (χ3v) is 4.90. The lowest BCUT2D eigenvalue weighted by molar-refractivity contribution is 0.595. The molecule has 1 aliphatic carbocycles. The van der Waals surface area contributed by atoms with E-state index in [1.54, 1.807) is 0 Å². The predicted octanol–water partition coefficient (Wildman–Crippen LogP) is 1.98. The highest BCUT2D eigenvalue weighted by Gasteiger charge is 2.20. The van der Waals surface area contributed by atoms with Gasteiger partial charge in [-0.05, 0) is 37.4 Å². The van der Waals surface area contributed by atoms with Gasteiger partial charge >= 0.3 is 0 Å². The monoisotopic (exact) mass is 306 g/mol. The van der Waals surface area contributed by atoms with Crippen LogP contribution in [0.5, 0.6) is 0 Å². The minimum Gasteiger partial charge on any atom is -0.346 e. The lowest BCUT2D eigenvalue weighted by Crippen LogP contribution is -2.19. The summed E-state index contributed by atoms with van der Waals surface area (Å²) in [6.07, 6.45) is 7.00. The molecule has 21 heavy (non-hydrogen) atoms. The summed E-state index contributed by atoms with van der Waals surface area (Å²) in [6.45, 7) is 1.51. The summed E-state index contributed by atoms with van der Waals surface area (Å²) in [5.74, 6) is 0.186. The average Bonchev–Trinajstić information content (AvgIpc) is 3.18. The molecule has 4 nitrogen and oxygen atoms in total. The van der Waals surface area contributed by atoms with E-state index in [-0.39, 0.29) is 5.75 Å². The quantitative estimate of drug-likeness (QED) is 0.851. The molecule has 1 saturated carbocycles. The first-order valence-corrected chi connectivity index (χ1v) is 9.57. The van der Waals surface area contributed by atoms with Gasteiger partial charge in [0.15, 0.2) is 0 Å². The molecule has 5 heteroatoms. The molecule has 1 fully saturated rings. The summed E-state index contributed by atoms with van der Waals surface area (Å²) in [6, 6.07) is 8.96. The van der Waals surface area contributed by atoms with Gasteiger partial charge in [0, 0.05) is 35.9 Å². The Hall–Kier alpha value is -1.33. The summed E-state index contributed by atoms with van der Waals surface area (Å²) >= 11 is 0. The maximum absolute atomic E-state index is 11.4. The lowest BCUT2D eigenvalue weighted by Gasteiger charge is -2.03. The van der Waals surface area contributed by atoms with Crippen LogP contribution in [0.25, 0.3) is 10.9 Å². The Morgan fingerprint density at radius 2 is 2.05 bits per heavy atom. The summed E-state index contributed by atoms with van der Waals surface area (Å²) in [5.41, 5.74) is 2.43. The van der Waals surface area contributed by atoms with Gasteiger partial charge < -0.3 is 9.88 Å². The number of nitrogens with zero attached hydrogens (tertiary/aromatic N) is 1. The molecule has 0 saturated heterocycles. The fourth-order valence-corrected chi connectivity index (χ4v) is 3.20. The second-order valence-electron chi connectivity index (χ2n) is 5.97. The van der Waals surface area contributed by atoms with Crippen molar-refractivity contribution in [2.45, 2.75) is 31.8 Å². The van der Waals surface area contributed by atoms with Crippen molar-refractivity contribution in [2.24, 2.45) is 0 Å². The maximum atomic E-state index is 11.4. The molecule has 1 N–H and O–H groups in total. The van der Waals surface area contributed by atoms with E-state index >= 15 is 0 Å². The summed E-state index contributed by atoms with van der Waals surface area (Å²) < 4.78 is 24.8. The van der Waals surface area contributed by atoms with E-state index in [1.807, 2.05) is 12.1 Å². The molecule has 0 radical (unpaired) electrons. The van der Waals surface area contributed by atoms with Crippen molar-refractivity contribution in [3.05, 3.63) is 36.0 Å². The number of hydrogen-bond donors (Lipinski definition) is 1. The molecule has 114 valence electrons. The number of sulfone groups is 1. The first-order valence-electron chi connectivity index (χ1n) is 7.51. The zero-order chi connectivity index (χ0) is 14.9. The smallest absolute Gasteiger partial charge is 0.149 e. The molecule has 0 aliphatic heterocycles. The zero-order valence-electron chi connectivity index (χ0n) is 12.4. The highest BCUT2D eigenvalue weighted by Crippen LogP contribution is 2.23. The van der Waals surface area contributed by atoms with Crippen molar-refractivity contribution in [3.8, 4) is 0 Å². The molecule has 0 unspecified atom stereocenters. The molecule has 0 spiro atoms. The number of aryl methyl sites for hydroxylation is 1. The molecule has 1 aromatic heterocycles. The van der Waals surface area contributed by atoms with Crippen molar-refractivity contribution in [1.82, 2.24) is 9.88 Å². The van der Waals surface area contributed by atoms with Crippen molar-refractivity contribution in [2.75, 3.05) is 18.6 Å². The summed E-state index contributed by atoms with van der Waals surface area (Å²) in [5, 5.41) is 4.77. The first kappa shape index (κ1) is 14.6. The van der Waals surface area contributed by atoms with Crippen LogP contribution in [0.1, 0.15) is 18.4 Å². The number of nitrogens with one attached hydrogen (secondary N) is 1. The standard InChI is InChI=1S/C16H22N2O2S/c1-21(19,20)11-10-18-12-13(8-9-17-14-6-7-14)15-4-2-3-5-16(15)18/h2-5,12,14,17H,6-11H2,1H3. The summed E-state index contributed by atoms with van der Waals surface area (Å²) in [7, 11) is -2.93. The first-order chi connectivity index (χ1) is 10.0. The Bertz CT molecular complexity index is 730. The number of benzene rings is 1. The van der Waals surface area contributed by atoms with Gasteiger partial charge in [0.2, 0.25) is 0 Å². The molecular weight excluding hydrogens is 284 g/mol. The molecule has 1 aliphatic rings. The Balaban J connectivity index is 1.78. The van der Waals surface area contributed by atoms with Crippen LogP contribution in [-0.2, 0) is 22.8 Å². The van der Waals surface area contributed by atoms with Gasteiger partial charge in [0.25, 0.3) is 0 Å². The Kier molecular flexibility index (Phi) is 4.04. The van der Waals surface area contributed by atoms with Gasteiger partial charge in [-0.25, -0.2) is 8.42 Å². The Morgan fingerprint density at radius 3 is 2.76 bits per heavy atom. The van der Waals surface area contributed by atoms with Crippen LogP contribution in [0.3, 0.4) is 0 Å². The van der Waals surface area contributed by atoms with E-state index in [2.05, 4.69) is 28.2 Å². The molecule has 1 aromatic carbocycles. The minimum atomic E-state index is -2.93. The second kappa shape index (κ2) is 5.81. The number of hydrogen-bond acceptors (Lipinski definition) is 3. The van der Waals surface area contributed by atoms with Crippen LogP contribution in [0.15, 0.2) is 30.5 Å². The molecule has 0 amide bonds. The largest absolute Gasteiger partial charge is 0.346 e.